The monoisotopic (exact) mass is 430 g/mol. The van der Waals surface area contributed by atoms with Gasteiger partial charge in [-0.15, -0.1) is 0 Å². The van der Waals surface area contributed by atoms with E-state index in [-0.39, 0.29) is 5.92 Å². The zero-order chi connectivity index (χ0) is 22.7. The molecule has 0 saturated carbocycles. The van der Waals surface area contributed by atoms with Gasteiger partial charge in [-0.3, -0.25) is 0 Å². The number of hydrogen-bond acceptors (Lipinski definition) is 3. The largest absolute Gasteiger partial charge is 0.455 e. The summed E-state index contributed by atoms with van der Waals surface area (Å²) < 4.78 is 6.38. The number of rotatable bonds is 3. The van der Waals surface area contributed by atoms with Crippen molar-refractivity contribution in [3.63, 3.8) is 0 Å². The van der Waals surface area contributed by atoms with Gasteiger partial charge in [0.2, 0.25) is 0 Å². The van der Waals surface area contributed by atoms with E-state index in [0.717, 1.165) is 49.9 Å². The third-order valence-corrected chi connectivity index (χ3v) is 6.56. The molecule has 0 aliphatic heterocycles. The Bertz CT molecular complexity index is 1670. The second-order valence-electron chi connectivity index (χ2n) is 9.43. The van der Waals surface area contributed by atoms with Crippen LogP contribution in [0, 0.1) is 0 Å². The standard InChI is InChI=1S/C30H26N2O/c1-17(2)20-11-7-9-19-15-16-23-27(31-30(18(3)4)32-28(23)26(19)20)24-13-8-12-22-21-10-5-6-14-25(21)33-29(22)24/h5-18H,1-4H3. The first kappa shape index (κ1) is 19.9. The first-order chi connectivity index (χ1) is 16.0. The van der Waals surface area contributed by atoms with Crippen LogP contribution in [0.25, 0.3) is 54.9 Å². The Morgan fingerprint density at radius 2 is 1.45 bits per heavy atom. The number of fused-ring (bicyclic) bond motifs is 6. The van der Waals surface area contributed by atoms with Gasteiger partial charge in [0.05, 0.1) is 11.2 Å². The maximum atomic E-state index is 6.38. The maximum Gasteiger partial charge on any atom is 0.144 e. The molecule has 0 saturated heterocycles. The van der Waals surface area contributed by atoms with Crippen LogP contribution in [0.3, 0.4) is 0 Å². The molecule has 0 fully saturated rings. The molecule has 0 unspecified atom stereocenters. The van der Waals surface area contributed by atoms with Crippen LogP contribution in [0.1, 0.15) is 50.9 Å². The van der Waals surface area contributed by atoms with Gasteiger partial charge in [-0.2, -0.15) is 0 Å². The number of benzene rings is 4. The predicted molar refractivity (Wildman–Crippen MR) is 138 cm³/mol. The van der Waals surface area contributed by atoms with Crippen LogP contribution in [0.2, 0.25) is 0 Å². The number of furan rings is 1. The molecule has 0 spiro atoms. The summed E-state index contributed by atoms with van der Waals surface area (Å²) in [7, 11) is 0. The third kappa shape index (κ3) is 3.03. The molecule has 0 aliphatic carbocycles. The summed E-state index contributed by atoms with van der Waals surface area (Å²) in [5.74, 6) is 1.47. The van der Waals surface area contributed by atoms with Gasteiger partial charge in [0.15, 0.2) is 0 Å². The van der Waals surface area contributed by atoms with E-state index in [1.54, 1.807) is 0 Å². The van der Waals surface area contributed by atoms with Gasteiger partial charge >= 0.3 is 0 Å². The molecule has 162 valence electrons. The Morgan fingerprint density at radius 1 is 0.667 bits per heavy atom. The van der Waals surface area contributed by atoms with Crippen LogP contribution in [-0.2, 0) is 0 Å². The van der Waals surface area contributed by atoms with Crippen LogP contribution < -0.4 is 0 Å². The average Bonchev–Trinajstić information content (AvgIpc) is 3.21. The van der Waals surface area contributed by atoms with Crippen LogP contribution >= 0.6 is 0 Å². The Hall–Kier alpha value is -3.72. The van der Waals surface area contributed by atoms with E-state index < -0.39 is 0 Å². The summed E-state index contributed by atoms with van der Waals surface area (Å²) in [6.45, 7) is 8.80. The number of hydrogen-bond donors (Lipinski definition) is 0. The van der Waals surface area contributed by atoms with Gasteiger partial charge in [0.25, 0.3) is 0 Å². The lowest BCUT2D eigenvalue weighted by Gasteiger charge is -2.16. The lowest BCUT2D eigenvalue weighted by atomic mass is 9.93. The molecule has 4 aromatic carbocycles. The highest BCUT2D eigenvalue weighted by molar-refractivity contribution is 6.15. The van der Waals surface area contributed by atoms with Crippen LogP contribution in [0.15, 0.2) is 77.2 Å². The number of nitrogens with zero attached hydrogens (tertiary/aromatic N) is 2. The number of para-hydroxylation sites is 2. The fraction of sp³-hybridized carbons (Fsp3) is 0.200. The van der Waals surface area contributed by atoms with E-state index in [1.165, 1.54) is 16.3 Å². The minimum atomic E-state index is 0.212. The molecule has 0 radical (unpaired) electrons. The predicted octanol–water partition coefficient (Wildman–Crippen LogP) is 8.60. The zero-order valence-electron chi connectivity index (χ0n) is 19.4. The molecule has 0 aliphatic rings. The molecule has 0 amide bonds. The molecule has 0 bridgehead atoms. The van der Waals surface area contributed by atoms with E-state index in [0.29, 0.717) is 5.92 Å². The molecule has 33 heavy (non-hydrogen) atoms. The molecule has 6 rings (SSSR count). The quantitative estimate of drug-likeness (QED) is 0.264. The van der Waals surface area contributed by atoms with Gasteiger partial charge in [-0.1, -0.05) is 82.3 Å². The van der Waals surface area contributed by atoms with Gasteiger partial charge in [-0.25, -0.2) is 9.97 Å². The highest BCUT2D eigenvalue weighted by Crippen LogP contribution is 2.40. The normalized spacial score (nSPS) is 12.2. The smallest absolute Gasteiger partial charge is 0.144 e. The van der Waals surface area contributed by atoms with Crippen molar-refractivity contribution in [1.29, 1.82) is 0 Å². The highest BCUT2D eigenvalue weighted by atomic mass is 16.3. The van der Waals surface area contributed by atoms with Crippen LogP contribution in [0.5, 0.6) is 0 Å². The number of aromatic nitrogens is 2. The SMILES string of the molecule is CC(C)c1nc(-c2cccc3c2oc2ccccc23)c2ccc3cccc(C(C)C)c3c2n1. The Labute approximate surface area is 193 Å². The topological polar surface area (TPSA) is 38.9 Å². The van der Waals surface area contributed by atoms with Crippen molar-refractivity contribution < 1.29 is 4.42 Å². The van der Waals surface area contributed by atoms with E-state index >= 15 is 0 Å². The van der Waals surface area contributed by atoms with Gasteiger partial charge in [0.1, 0.15) is 17.0 Å². The molecule has 3 nitrogen and oxygen atoms in total. The Balaban J connectivity index is 1.78. The lowest BCUT2D eigenvalue weighted by molar-refractivity contribution is 0.669. The van der Waals surface area contributed by atoms with Crippen molar-refractivity contribution in [1.82, 2.24) is 9.97 Å². The van der Waals surface area contributed by atoms with Gasteiger partial charge < -0.3 is 4.42 Å². The minimum Gasteiger partial charge on any atom is -0.455 e. The minimum absolute atomic E-state index is 0.212. The Morgan fingerprint density at radius 3 is 2.27 bits per heavy atom. The molecule has 2 aromatic heterocycles. The van der Waals surface area contributed by atoms with E-state index in [1.807, 2.05) is 12.1 Å². The molecular weight excluding hydrogens is 404 g/mol. The van der Waals surface area contributed by atoms with Crippen LogP contribution in [-0.4, -0.2) is 9.97 Å². The highest BCUT2D eigenvalue weighted by Gasteiger charge is 2.20. The van der Waals surface area contributed by atoms with E-state index in [4.69, 9.17) is 14.4 Å². The van der Waals surface area contributed by atoms with Gasteiger partial charge in [0, 0.05) is 33.0 Å². The van der Waals surface area contributed by atoms with Crippen molar-refractivity contribution >= 4 is 43.6 Å². The summed E-state index contributed by atoms with van der Waals surface area (Å²) >= 11 is 0. The summed E-state index contributed by atoms with van der Waals surface area (Å²) in [4.78, 5) is 10.2. The first-order valence-corrected chi connectivity index (χ1v) is 11.7. The van der Waals surface area contributed by atoms with E-state index in [9.17, 15) is 0 Å². The fourth-order valence-electron chi connectivity index (χ4n) is 4.89. The summed E-state index contributed by atoms with van der Waals surface area (Å²) in [5.41, 5.74) is 6.08. The van der Waals surface area contributed by atoms with Gasteiger partial charge in [-0.05, 0) is 35.1 Å². The molecule has 3 heteroatoms. The van der Waals surface area contributed by atoms with Crippen molar-refractivity contribution in [2.45, 2.75) is 39.5 Å². The van der Waals surface area contributed by atoms with Crippen molar-refractivity contribution in [2.24, 2.45) is 0 Å². The molecule has 6 aromatic rings. The summed E-state index contributed by atoms with van der Waals surface area (Å²) in [6.07, 6.45) is 0. The van der Waals surface area contributed by atoms with Crippen LogP contribution in [0.4, 0.5) is 0 Å². The molecular formula is C30H26N2O. The second kappa shape index (κ2) is 7.41. The Kier molecular flexibility index (Phi) is 4.48. The molecule has 2 heterocycles. The molecule has 0 atom stereocenters. The zero-order valence-corrected chi connectivity index (χ0v) is 19.4. The third-order valence-electron chi connectivity index (χ3n) is 6.56. The first-order valence-electron chi connectivity index (χ1n) is 11.7. The van der Waals surface area contributed by atoms with E-state index in [2.05, 4.69) is 88.4 Å². The van der Waals surface area contributed by atoms with Crippen molar-refractivity contribution in [2.75, 3.05) is 0 Å². The second-order valence-corrected chi connectivity index (χ2v) is 9.43. The fourth-order valence-corrected chi connectivity index (χ4v) is 4.89. The maximum absolute atomic E-state index is 6.38. The molecule has 0 N–H and O–H groups in total. The summed E-state index contributed by atoms with van der Waals surface area (Å²) in [5, 5.41) is 5.75. The van der Waals surface area contributed by atoms with Crippen molar-refractivity contribution in [3.8, 4) is 11.3 Å². The average molecular weight is 431 g/mol. The summed E-state index contributed by atoms with van der Waals surface area (Å²) in [6, 6.07) is 25.5. The lowest BCUT2D eigenvalue weighted by Crippen LogP contribution is -2.02. The van der Waals surface area contributed by atoms with Crippen molar-refractivity contribution in [3.05, 3.63) is 84.2 Å².